The molecule has 1 atom stereocenters. The standard InChI is InChI=1S/C19H15Cl2NO4/c20-13-5-1-11(2-6-13)16-15(18(25)19(26)22(16)9-10-23)17(24)12-3-7-14(21)8-4-12/h1-8,16,23-24H,9-10H2. The second-order valence-electron chi connectivity index (χ2n) is 5.77. The normalized spacial score (nSPS) is 19.2. The summed E-state index contributed by atoms with van der Waals surface area (Å²) in [5, 5.41) is 21.0. The van der Waals surface area contributed by atoms with E-state index >= 15 is 0 Å². The number of β-amino-alcohol motifs (C(OH)–C–C–N with tert-alkyl or cyclic N) is 1. The quantitative estimate of drug-likeness (QED) is 0.475. The Bertz CT molecular complexity index is 875. The van der Waals surface area contributed by atoms with Crippen LogP contribution >= 0.6 is 23.2 Å². The molecule has 0 aliphatic carbocycles. The predicted octanol–water partition coefficient (Wildman–Crippen LogP) is 3.41. The van der Waals surface area contributed by atoms with Crippen LogP contribution in [0.15, 0.2) is 54.1 Å². The predicted molar refractivity (Wildman–Crippen MR) is 99.0 cm³/mol. The monoisotopic (exact) mass is 391 g/mol. The van der Waals surface area contributed by atoms with Crippen LogP contribution in [0.25, 0.3) is 5.76 Å². The van der Waals surface area contributed by atoms with Crippen LogP contribution in [0.5, 0.6) is 0 Å². The van der Waals surface area contributed by atoms with Crippen molar-refractivity contribution in [2.45, 2.75) is 6.04 Å². The molecule has 1 heterocycles. The fourth-order valence-electron chi connectivity index (χ4n) is 2.97. The van der Waals surface area contributed by atoms with Gasteiger partial charge in [0, 0.05) is 22.2 Å². The Morgan fingerprint density at radius 3 is 2.04 bits per heavy atom. The van der Waals surface area contributed by atoms with E-state index < -0.39 is 17.7 Å². The highest BCUT2D eigenvalue weighted by Crippen LogP contribution is 2.39. The summed E-state index contributed by atoms with van der Waals surface area (Å²) in [7, 11) is 0. The molecule has 5 nitrogen and oxygen atoms in total. The van der Waals surface area contributed by atoms with Crippen molar-refractivity contribution in [3.8, 4) is 0 Å². The average molecular weight is 392 g/mol. The molecule has 1 unspecified atom stereocenters. The number of hydrogen-bond acceptors (Lipinski definition) is 4. The Balaban J connectivity index is 2.17. The van der Waals surface area contributed by atoms with E-state index in [9.17, 15) is 19.8 Å². The minimum absolute atomic E-state index is 0.0325. The summed E-state index contributed by atoms with van der Waals surface area (Å²) < 4.78 is 0. The van der Waals surface area contributed by atoms with Crippen LogP contribution in [0.3, 0.4) is 0 Å². The maximum atomic E-state index is 12.6. The van der Waals surface area contributed by atoms with Crippen LogP contribution in [0.4, 0.5) is 0 Å². The van der Waals surface area contributed by atoms with E-state index in [0.29, 0.717) is 21.2 Å². The number of carbonyl (C=O) groups excluding carboxylic acids is 2. The fraction of sp³-hybridized carbons (Fsp3) is 0.158. The number of Topliss-reactive ketones (excluding diaryl/α,β-unsaturated/α-hetero) is 1. The lowest BCUT2D eigenvalue weighted by Crippen LogP contribution is -2.32. The zero-order chi connectivity index (χ0) is 18.8. The number of carbonyl (C=O) groups is 2. The highest BCUT2D eigenvalue weighted by molar-refractivity contribution is 6.46. The summed E-state index contributed by atoms with van der Waals surface area (Å²) in [6, 6.07) is 12.1. The Morgan fingerprint density at radius 1 is 0.962 bits per heavy atom. The summed E-state index contributed by atoms with van der Waals surface area (Å²) in [5.41, 5.74) is 0.945. The van der Waals surface area contributed by atoms with Crippen molar-refractivity contribution in [3.05, 3.63) is 75.3 Å². The molecule has 2 aromatic rings. The summed E-state index contributed by atoms with van der Waals surface area (Å²) in [4.78, 5) is 26.2. The average Bonchev–Trinajstić information content (AvgIpc) is 2.88. The van der Waals surface area contributed by atoms with Crippen LogP contribution < -0.4 is 0 Å². The van der Waals surface area contributed by atoms with Crippen molar-refractivity contribution in [2.24, 2.45) is 0 Å². The molecular formula is C19H15Cl2NO4. The van der Waals surface area contributed by atoms with Gasteiger partial charge in [-0.3, -0.25) is 9.59 Å². The number of likely N-dealkylation sites (tertiary alicyclic amines) is 1. The first-order valence-electron chi connectivity index (χ1n) is 7.84. The van der Waals surface area contributed by atoms with Gasteiger partial charge in [0.2, 0.25) is 0 Å². The highest BCUT2D eigenvalue weighted by atomic mass is 35.5. The third kappa shape index (κ3) is 3.33. The lowest BCUT2D eigenvalue weighted by Gasteiger charge is -2.24. The maximum Gasteiger partial charge on any atom is 0.295 e. The molecule has 7 heteroatoms. The van der Waals surface area contributed by atoms with Crippen LogP contribution in [0.1, 0.15) is 17.2 Å². The van der Waals surface area contributed by atoms with Gasteiger partial charge in [-0.1, -0.05) is 35.3 Å². The molecule has 2 aromatic carbocycles. The van der Waals surface area contributed by atoms with E-state index in [-0.39, 0.29) is 24.5 Å². The van der Waals surface area contributed by atoms with Gasteiger partial charge < -0.3 is 15.1 Å². The van der Waals surface area contributed by atoms with Crippen LogP contribution in [0, 0.1) is 0 Å². The Morgan fingerprint density at radius 2 is 1.50 bits per heavy atom. The van der Waals surface area contributed by atoms with Gasteiger partial charge in [-0.05, 0) is 42.0 Å². The largest absolute Gasteiger partial charge is 0.507 e. The molecule has 134 valence electrons. The molecule has 0 saturated carbocycles. The van der Waals surface area contributed by atoms with E-state index in [1.165, 1.54) is 4.90 Å². The van der Waals surface area contributed by atoms with Crippen molar-refractivity contribution >= 4 is 40.7 Å². The van der Waals surface area contributed by atoms with Crippen LogP contribution in [-0.2, 0) is 9.59 Å². The first kappa shape index (κ1) is 18.5. The van der Waals surface area contributed by atoms with Crippen LogP contribution in [0.2, 0.25) is 10.0 Å². The first-order chi connectivity index (χ1) is 12.4. The summed E-state index contributed by atoms with van der Waals surface area (Å²) in [6.07, 6.45) is 0. The van der Waals surface area contributed by atoms with Gasteiger partial charge in [0.15, 0.2) is 0 Å². The maximum absolute atomic E-state index is 12.6. The molecule has 0 spiro atoms. The van der Waals surface area contributed by atoms with Gasteiger partial charge in [-0.2, -0.15) is 0 Å². The van der Waals surface area contributed by atoms with Gasteiger partial charge in [0.25, 0.3) is 11.7 Å². The molecule has 1 amide bonds. The molecule has 3 rings (SSSR count). The van der Waals surface area contributed by atoms with E-state index in [0.717, 1.165) is 0 Å². The minimum atomic E-state index is -0.810. The molecule has 0 radical (unpaired) electrons. The third-order valence-electron chi connectivity index (χ3n) is 4.18. The minimum Gasteiger partial charge on any atom is -0.507 e. The van der Waals surface area contributed by atoms with Crippen molar-refractivity contribution < 1.29 is 19.8 Å². The summed E-state index contributed by atoms with van der Waals surface area (Å²) in [6.45, 7) is -0.340. The number of halogens is 2. The van der Waals surface area contributed by atoms with Gasteiger partial charge in [-0.25, -0.2) is 0 Å². The Hall–Kier alpha value is -2.34. The smallest absolute Gasteiger partial charge is 0.295 e. The van der Waals surface area contributed by atoms with Crippen molar-refractivity contribution in [3.63, 3.8) is 0 Å². The third-order valence-corrected chi connectivity index (χ3v) is 4.69. The van der Waals surface area contributed by atoms with Gasteiger partial charge >= 0.3 is 0 Å². The second-order valence-corrected chi connectivity index (χ2v) is 6.65. The lowest BCUT2D eigenvalue weighted by molar-refractivity contribution is -0.140. The van der Waals surface area contributed by atoms with E-state index in [1.807, 2.05) is 0 Å². The van der Waals surface area contributed by atoms with Gasteiger partial charge in [-0.15, -0.1) is 0 Å². The number of ketones is 1. The van der Waals surface area contributed by atoms with Crippen LogP contribution in [-0.4, -0.2) is 40.0 Å². The zero-order valence-electron chi connectivity index (χ0n) is 13.5. The second kappa shape index (κ2) is 7.50. The van der Waals surface area contributed by atoms with E-state index in [2.05, 4.69) is 0 Å². The topological polar surface area (TPSA) is 77.8 Å². The number of rotatable bonds is 4. The van der Waals surface area contributed by atoms with E-state index in [1.54, 1.807) is 48.5 Å². The molecular weight excluding hydrogens is 377 g/mol. The molecule has 26 heavy (non-hydrogen) atoms. The molecule has 2 N–H and O–H groups in total. The molecule has 0 aromatic heterocycles. The van der Waals surface area contributed by atoms with E-state index in [4.69, 9.17) is 23.2 Å². The van der Waals surface area contributed by atoms with Crippen molar-refractivity contribution in [2.75, 3.05) is 13.2 Å². The number of aliphatic hydroxyl groups excluding tert-OH is 2. The SMILES string of the molecule is O=C1C(=O)N(CCO)C(c2ccc(Cl)cc2)C1=C(O)c1ccc(Cl)cc1. The number of nitrogens with zero attached hydrogens (tertiary/aromatic N) is 1. The van der Waals surface area contributed by atoms with Crippen molar-refractivity contribution in [1.82, 2.24) is 4.90 Å². The fourth-order valence-corrected chi connectivity index (χ4v) is 3.23. The molecule has 1 saturated heterocycles. The number of hydrogen-bond donors (Lipinski definition) is 2. The molecule has 0 bridgehead atoms. The van der Waals surface area contributed by atoms with Gasteiger partial charge in [0.05, 0.1) is 18.2 Å². The molecule has 1 fully saturated rings. The summed E-state index contributed by atoms with van der Waals surface area (Å²) in [5.74, 6) is -1.86. The zero-order valence-corrected chi connectivity index (χ0v) is 15.0. The number of aliphatic hydroxyl groups is 2. The molecule has 1 aliphatic rings. The van der Waals surface area contributed by atoms with Gasteiger partial charge in [0.1, 0.15) is 5.76 Å². The van der Waals surface area contributed by atoms with Crippen molar-refractivity contribution in [1.29, 1.82) is 0 Å². The summed E-state index contributed by atoms with van der Waals surface area (Å²) >= 11 is 11.8. The lowest BCUT2D eigenvalue weighted by atomic mass is 9.95. The Kier molecular flexibility index (Phi) is 5.32. The molecule has 1 aliphatic heterocycles. The Labute approximate surface area is 160 Å². The number of benzene rings is 2. The first-order valence-corrected chi connectivity index (χ1v) is 8.60. The highest BCUT2D eigenvalue weighted by Gasteiger charge is 2.45. The number of amides is 1.